The fraction of sp³-hybridized carbons (Fsp3) is 0.435. The third-order valence-electron chi connectivity index (χ3n) is 5.44. The lowest BCUT2D eigenvalue weighted by molar-refractivity contribution is -0.120. The molecule has 3 N–H and O–H groups in total. The van der Waals surface area contributed by atoms with Gasteiger partial charge in [0.05, 0.1) is 4.75 Å². The van der Waals surface area contributed by atoms with Gasteiger partial charge in [0.25, 0.3) is 0 Å². The van der Waals surface area contributed by atoms with Gasteiger partial charge in [-0.3, -0.25) is 4.79 Å². The monoisotopic (exact) mass is 429 g/mol. The van der Waals surface area contributed by atoms with E-state index in [0.29, 0.717) is 25.7 Å². The zero-order valence-electron chi connectivity index (χ0n) is 17.8. The Morgan fingerprint density at radius 2 is 1.37 bits per heavy atom. The van der Waals surface area contributed by atoms with Crippen molar-refractivity contribution in [2.45, 2.75) is 57.2 Å². The molecule has 30 heavy (non-hydrogen) atoms. The van der Waals surface area contributed by atoms with Crippen LogP contribution >= 0.6 is 0 Å². The first-order valence-corrected chi connectivity index (χ1v) is 11.9. The van der Waals surface area contributed by atoms with Crippen molar-refractivity contribution in [2.75, 3.05) is 10.6 Å². The second-order valence-electron chi connectivity index (χ2n) is 8.84. The van der Waals surface area contributed by atoms with Crippen molar-refractivity contribution in [1.29, 1.82) is 0 Å². The number of anilines is 3. The summed E-state index contributed by atoms with van der Waals surface area (Å²) in [6, 6.07) is 17.4. The van der Waals surface area contributed by atoms with Crippen molar-refractivity contribution in [3.05, 3.63) is 54.6 Å². The zero-order chi connectivity index (χ0) is 21.8. The topological polar surface area (TPSA) is 87.3 Å². The van der Waals surface area contributed by atoms with Crippen molar-refractivity contribution in [1.82, 2.24) is 4.72 Å². The van der Waals surface area contributed by atoms with Crippen molar-refractivity contribution >= 4 is 33.0 Å². The number of hydrogen-bond donors (Lipinski definition) is 3. The zero-order valence-corrected chi connectivity index (χ0v) is 18.6. The maximum atomic E-state index is 12.6. The molecule has 0 bridgehead atoms. The summed E-state index contributed by atoms with van der Waals surface area (Å²) in [6.45, 7) is 5.07. The van der Waals surface area contributed by atoms with Gasteiger partial charge in [-0.15, -0.1) is 0 Å². The Hall–Kier alpha value is -2.38. The summed E-state index contributed by atoms with van der Waals surface area (Å²) in [5.74, 6) is -0.0987. The fourth-order valence-corrected chi connectivity index (χ4v) is 4.47. The first kappa shape index (κ1) is 22.3. The number of sulfonamides is 1. The van der Waals surface area contributed by atoms with E-state index < -0.39 is 14.8 Å². The lowest BCUT2D eigenvalue weighted by Crippen LogP contribution is -2.46. The maximum Gasteiger partial charge on any atom is 0.227 e. The Balaban J connectivity index is 1.49. The number of amides is 1. The quantitative estimate of drug-likeness (QED) is 0.624. The molecule has 162 valence electrons. The third-order valence-corrected chi connectivity index (χ3v) is 7.70. The van der Waals surface area contributed by atoms with Crippen LogP contribution in [0.1, 0.15) is 46.5 Å². The van der Waals surface area contributed by atoms with Gasteiger partial charge in [0, 0.05) is 29.0 Å². The Morgan fingerprint density at radius 1 is 0.833 bits per heavy atom. The molecule has 1 aliphatic rings. The predicted molar refractivity (Wildman–Crippen MR) is 122 cm³/mol. The van der Waals surface area contributed by atoms with Gasteiger partial charge < -0.3 is 10.6 Å². The number of nitrogens with one attached hydrogen (secondary N) is 3. The van der Waals surface area contributed by atoms with Crippen LogP contribution in [0.3, 0.4) is 0 Å². The van der Waals surface area contributed by atoms with Crippen LogP contribution in [0.5, 0.6) is 0 Å². The van der Waals surface area contributed by atoms with Crippen molar-refractivity contribution < 1.29 is 13.2 Å². The molecule has 3 rings (SSSR count). The average Bonchev–Trinajstić information content (AvgIpc) is 2.70. The lowest BCUT2D eigenvalue weighted by Gasteiger charge is -2.30. The molecule has 1 amide bonds. The minimum absolute atomic E-state index is 0.00380. The van der Waals surface area contributed by atoms with Crippen LogP contribution in [-0.2, 0) is 14.8 Å². The molecule has 1 aliphatic carbocycles. The standard InChI is InChI=1S/C23H31N3O3S/c1-23(2,3)30(28,29)26-21-11-9-17(10-12-21)22(27)25-20-15-13-19(14-16-20)24-18-7-5-4-6-8-18/h4-8,13-17,21,24,26H,9-12H2,1-3H3,(H,25,27). The van der Waals surface area contributed by atoms with E-state index >= 15 is 0 Å². The molecule has 2 aromatic carbocycles. The van der Waals surface area contributed by atoms with E-state index in [9.17, 15) is 13.2 Å². The first-order valence-electron chi connectivity index (χ1n) is 10.4. The van der Waals surface area contributed by atoms with Crippen LogP contribution in [0.4, 0.5) is 17.1 Å². The molecule has 6 nitrogen and oxygen atoms in total. The van der Waals surface area contributed by atoms with Crippen LogP contribution in [-0.4, -0.2) is 25.1 Å². The highest BCUT2D eigenvalue weighted by molar-refractivity contribution is 7.90. The molecule has 1 fully saturated rings. The number of rotatable bonds is 6. The number of para-hydroxylation sites is 1. The van der Waals surface area contributed by atoms with Crippen molar-refractivity contribution in [3.8, 4) is 0 Å². The molecule has 2 aromatic rings. The number of carbonyl (C=O) groups excluding carboxylic acids is 1. The fourth-order valence-electron chi connectivity index (χ4n) is 3.44. The summed E-state index contributed by atoms with van der Waals surface area (Å²) in [7, 11) is -3.37. The number of hydrogen-bond acceptors (Lipinski definition) is 4. The van der Waals surface area contributed by atoms with E-state index in [-0.39, 0.29) is 17.9 Å². The lowest BCUT2D eigenvalue weighted by atomic mass is 9.86. The van der Waals surface area contributed by atoms with E-state index in [1.54, 1.807) is 20.8 Å². The van der Waals surface area contributed by atoms with E-state index in [1.807, 2.05) is 54.6 Å². The number of carbonyl (C=O) groups is 1. The smallest absolute Gasteiger partial charge is 0.227 e. The summed E-state index contributed by atoms with van der Waals surface area (Å²) >= 11 is 0. The Bertz CT molecular complexity index is 943. The van der Waals surface area contributed by atoms with Crippen LogP contribution in [0, 0.1) is 5.92 Å². The second kappa shape index (κ2) is 9.18. The largest absolute Gasteiger partial charge is 0.356 e. The van der Waals surface area contributed by atoms with Gasteiger partial charge in [0.15, 0.2) is 0 Å². The molecule has 0 saturated heterocycles. The summed E-state index contributed by atoms with van der Waals surface area (Å²) in [5, 5.41) is 6.30. The molecule has 0 heterocycles. The first-order chi connectivity index (χ1) is 14.1. The van der Waals surface area contributed by atoms with E-state index in [0.717, 1.165) is 17.1 Å². The van der Waals surface area contributed by atoms with Crippen LogP contribution < -0.4 is 15.4 Å². The third kappa shape index (κ3) is 5.83. The molecular formula is C23H31N3O3S. The molecule has 0 aliphatic heterocycles. The van der Waals surface area contributed by atoms with E-state index in [1.165, 1.54) is 0 Å². The minimum Gasteiger partial charge on any atom is -0.356 e. The molecule has 0 spiro atoms. The van der Waals surface area contributed by atoms with Gasteiger partial charge in [-0.25, -0.2) is 13.1 Å². The molecule has 0 radical (unpaired) electrons. The summed E-state index contributed by atoms with van der Waals surface area (Å²) < 4.78 is 26.6. The van der Waals surface area contributed by atoms with Crippen molar-refractivity contribution in [3.63, 3.8) is 0 Å². The average molecular weight is 430 g/mol. The molecular weight excluding hydrogens is 398 g/mol. The molecule has 7 heteroatoms. The van der Waals surface area contributed by atoms with Gasteiger partial charge in [0.2, 0.25) is 15.9 Å². The molecule has 1 saturated carbocycles. The number of benzene rings is 2. The van der Waals surface area contributed by atoms with Gasteiger partial charge in [-0.2, -0.15) is 0 Å². The van der Waals surface area contributed by atoms with Gasteiger partial charge >= 0.3 is 0 Å². The highest BCUT2D eigenvalue weighted by Crippen LogP contribution is 2.28. The SMILES string of the molecule is CC(C)(C)S(=O)(=O)NC1CCC(C(=O)Nc2ccc(Nc3ccccc3)cc2)CC1. The Labute approximate surface area is 179 Å². The van der Waals surface area contributed by atoms with Gasteiger partial charge in [-0.05, 0) is 82.9 Å². The highest BCUT2D eigenvalue weighted by atomic mass is 32.2. The Kier molecular flexibility index (Phi) is 6.83. The van der Waals surface area contributed by atoms with Gasteiger partial charge in [-0.1, -0.05) is 18.2 Å². The van der Waals surface area contributed by atoms with Gasteiger partial charge in [0.1, 0.15) is 0 Å². The molecule has 0 aromatic heterocycles. The minimum atomic E-state index is -3.37. The summed E-state index contributed by atoms with van der Waals surface area (Å²) in [4.78, 5) is 12.6. The van der Waals surface area contributed by atoms with Crippen molar-refractivity contribution in [2.24, 2.45) is 5.92 Å². The van der Waals surface area contributed by atoms with E-state index in [2.05, 4.69) is 15.4 Å². The van der Waals surface area contributed by atoms with Crippen LogP contribution in [0.15, 0.2) is 54.6 Å². The normalized spacial score (nSPS) is 19.8. The molecule has 0 atom stereocenters. The van der Waals surface area contributed by atoms with Crippen LogP contribution in [0.2, 0.25) is 0 Å². The van der Waals surface area contributed by atoms with Crippen LogP contribution in [0.25, 0.3) is 0 Å². The summed E-state index contributed by atoms with van der Waals surface area (Å²) in [5.41, 5.74) is 2.72. The highest BCUT2D eigenvalue weighted by Gasteiger charge is 2.34. The molecule has 0 unspecified atom stereocenters. The maximum absolute atomic E-state index is 12.6. The van der Waals surface area contributed by atoms with E-state index in [4.69, 9.17) is 0 Å². The Morgan fingerprint density at radius 3 is 1.93 bits per heavy atom. The predicted octanol–water partition coefficient (Wildman–Crippen LogP) is 4.65. The second-order valence-corrected chi connectivity index (χ2v) is 11.3. The summed E-state index contributed by atoms with van der Waals surface area (Å²) in [6.07, 6.45) is 2.70.